The molecule has 0 spiro atoms. The van der Waals surface area contributed by atoms with E-state index < -0.39 is 0 Å². The van der Waals surface area contributed by atoms with Gasteiger partial charge in [-0.25, -0.2) is 0 Å². The van der Waals surface area contributed by atoms with Crippen molar-refractivity contribution in [1.82, 2.24) is 5.32 Å². The Morgan fingerprint density at radius 1 is 1.14 bits per heavy atom. The van der Waals surface area contributed by atoms with Crippen LogP contribution in [0.1, 0.15) is 58.1 Å². The van der Waals surface area contributed by atoms with Crippen molar-refractivity contribution >= 4 is 0 Å². The monoisotopic (exact) mass is 289 g/mol. The molecule has 2 atom stereocenters. The lowest BCUT2D eigenvalue weighted by molar-refractivity contribution is 0.157. The van der Waals surface area contributed by atoms with Crippen molar-refractivity contribution < 1.29 is 9.47 Å². The van der Waals surface area contributed by atoms with Gasteiger partial charge in [-0.05, 0) is 42.9 Å². The molecule has 0 bridgehead atoms. The van der Waals surface area contributed by atoms with Gasteiger partial charge in [0.2, 0.25) is 0 Å². The Labute approximate surface area is 128 Å². The standard InChI is InChI=1S/C18H27NO2/c1-13(19-17-6-4-5-9-18(17,2)3)14-7-8-15-16(12-14)21-11-10-20-15/h7-8,12-13,17,19H,4-6,9-11H2,1-3H3. The second-order valence-corrected chi connectivity index (χ2v) is 7.08. The second kappa shape index (κ2) is 5.88. The first-order chi connectivity index (χ1) is 10.1. The van der Waals surface area contributed by atoms with Crippen molar-refractivity contribution in [2.24, 2.45) is 5.41 Å². The quantitative estimate of drug-likeness (QED) is 0.909. The Kier molecular flexibility index (Phi) is 4.12. The van der Waals surface area contributed by atoms with Crippen molar-refractivity contribution in [3.8, 4) is 11.5 Å². The Morgan fingerprint density at radius 2 is 1.90 bits per heavy atom. The van der Waals surface area contributed by atoms with E-state index in [1.807, 2.05) is 6.07 Å². The number of ether oxygens (including phenoxy) is 2. The van der Waals surface area contributed by atoms with Gasteiger partial charge < -0.3 is 14.8 Å². The van der Waals surface area contributed by atoms with Crippen LogP contribution in [0.25, 0.3) is 0 Å². The summed E-state index contributed by atoms with van der Waals surface area (Å²) in [5.74, 6) is 1.76. The molecular weight excluding hydrogens is 262 g/mol. The zero-order valence-electron chi connectivity index (χ0n) is 13.4. The summed E-state index contributed by atoms with van der Waals surface area (Å²) in [6.07, 6.45) is 5.30. The topological polar surface area (TPSA) is 30.5 Å². The van der Waals surface area contributed by atoms with E-state index in [4.69, 9.17) is 9.47 Å². The summed E-state index contributed by atoms with van der Waals surface area (Å²) in [5, 5.41) is 3.84. The van der Waals surface area contributed by atoms with Gasteiger partial charge in [-0.3, -0.25) is 0 Å². The van der Waals surface area contributed by atoms with Crippen LogP contribution in [0.2, 0.25) is 0 Å². The number of hydrogen-bond acceptors (Lipinski definition) is 3. The minimum absolute atomic E-state index is 0.336. The van der Waals surface area contributed by atoms with Gasteiger partial charge in [-0.2, -0.15) is 0 Å². The van der Waals surface area contributed by atoms with Gasteiger partial charge in [0.05, 0.1) is 0 Å². The second-order valence-electron chi connectivity index (χ2n) is 7.08. The van der Waals surface area contributed by atoms with Crippen LogP contribution in [0.5, 0.6) is 11.5 Å². The van der Waals surface area contributed by atoms with Crippen LogP contribution in [-0.4, -0.2) is 19.3 Å². The van der Waals surface area contributed by atoms with Gasteiger partial charge in [0.1, 0.15) is 13.2 Å². The van der Waals surface area contributed by atoms with Crippen molar-refractivity contribution in [3.63, 3.8) is 0 Å². The van der Waals surface area contributed by atoms with Crippen molar-refractivity contribution in [1.29, 1.82) is 0 Å². The molecule has 1 aliphatic carbocycles. The molecule has 0 aromatic heterocycles. The molecule has 2 unspecified atom stereocenters. The Hall–Kier alpha value is -1.22. The number of fused-ring (bicyclic) bond motifs is 1. The van der Waals surface area contributed by atoms with Crippen molar-refractivity contribution in [2.45, 2.75) is 58.5 Å². The van der Waals surface area contributed by atoms with Gasteiger partial charge >= 0.3 is 0 Å². The molecule has 3 rings (SSSR count). The van der Waals surface area contributed by atoms with E-state index in [-0.39, 0.29) is 0 Å². The molecule has 0 amide bonds. The average molecular weight is 289 g/mol. The summed E-state index contributed by atoms with van der Waals surface area (Å²) < 4.78 is 11.3. The molecule has 1 heterocycles. The van der Waals surface area contributed by atoms with E-state index in [2.05, 4.69) is 38.2 Å². The summed E-state index contributed by atoms with van der Waals surface area (Å²) >= 11 is 0. The molecule has 116 valence electrons. The molecule has 1 aromatic rings. The molecule has 3 heteroatoms. The highest BCUT2D eigenvalue weighted by Gasteiger charge is 2.33. The van der Waals surface area contributed by atoms with Crippen LogP contribution in [0.3, 0.4) is 0 Å². The molecule has 21 heavy (non-hydrogen) atoms. The molecule has 0 saturated heterocycles. The van der Waals surface area contributed by atoms with Crippen LogP contribution in [0.15, 0.2) is 18.2 Å². The first-order valence-corrected chi connectivity index (χ1v) is 8.22. The number of hydrogen-bond donors (Lipinski definition) is 1. The summed E-state index contributed by atoms with van der Waals surface area (Å²) in [6, 6.07) is 7.24. The van der Waals surface area contributed by atoms with E-state index >= 15 is 0 Å². The summed E-state index contributed by atoms with van der Waals surface area (Å²) in [4.78, 5) is 0. The van der Waals surface area contributed by atoms with Crippen LogP contribution in [-0.2, 0) is 0 Å². The summed E-state index contributed by atoms with van der Waals surface area (Å²) in [6.45, 7) is 8.32. The fourth-order valence-corrected chi connectivity index (χ4v) is 3.53. The number of rotatable bonds is 3. The van der Waals surface area contributed by atoms with E-state index in [1.165, 1.54) is 31.2 Å². The zero-order valence-corrected chi connectivity index (χ0v) is 13.4. The van der Waals surface area contributed by atoms with Crippen LogP contribution in [0, 0.1) is 5.41 Å². The van der Waals surface area contributed by atoms with Gasteiger partial charge in [0.15, 0.2) is 11.5 Å². The fourth-order valence-electron chi connectivity index (χ4n) is 3.53. The first kappa shape index (κ1) is 14.7. The third kappa shape index (κ3) is 3.18. The largest absolute Gasteiger partial charge is 0.486 e. The number of nitrogens with one attached hydrogen (secondary N) is 1. The predicted octanol–water partition coefficient (Wildman–Crippen LogP) is 4.08. The van der Waals surface area contributed by atoms with E-state index in [1.54, 1.807) is 0 Å². The van der Waals surface area contributed by atoms with Crippen molar-refractivity contribution in [3.05, 3.63) is 23.8 Å². The highest BCUT2D eigenvalue weighted by atomic mass is 16.6. The molecule has 3 nitrogen and oxygen atoms in total. The molecule has 1 aromatic carbocycles. The van der Waals surface area contributed by atoms with E-state index in [0.717, 1.165) is 11.5 Å². The maximum absolute atomic E-state index is 5.69. The van der Waals surface area contributed by atoms with Crippen LogP contribution < -0.4 is 14.8 Å². The van der Waals surface area contributed by atoms with Gasteiger partial charge in [-0.1, -0.05) is 32.8 Å². The molecule has 1 aliphatic heterocycles. The highest BCUT2D eigenvalue weighted by Crippen LogP contribution is 2.37. The molecule has 2 aliphatic rings. The third-order valence-corrected chi connectivity index (χ3v) is 5.02. The fraction of sp³-hybridized carbons (Fsp3) is 0.667. The Bertz CT molecular complexity index is 498. The maximum Gasteiger partial charge on any atom is 0.161 e. The minimum Gasteiger partial charge on any atom is -0.486 e. The molecule has 1 saturated carbocycles. The normalized spacial score (nSPS) is 25.4. The maximum atomic E-state index is 5.69. The van der Waals surface area contributed by atoms with Gasteiger partial charge in [0.25, 0.3) is 0 Å². The SMILES string of the molecule is CC(NC1CCCCC1(C)C)c1ccc2c(c1)OCCO2. The smallest absolute Gasteiger partial charge is 0.161 e. The average Bonchev–Trinajstić information content (AvgIpc) is 2.48. The lowest BCUT2D eigenvalue weighted by Gasteiger charge is -2.41. The molecule has 0 radical (unpaired) electrons. The van der Waals surface area contributed by atoms with Crippen LogP contribution >= 0.6 is 0 Å². The lowest BCUT2D eigenvalue weighted by Crippen LogP contribution is -2.45. The first-order valence-electron chi connectivity index (χ1n) is 8.22. The minimum atomic E-state index is 0.336. The molecule has 1 fully saturated rings. The molecular formula is C18H27NO2. The van der Waals surface area contributed by atoms with Crippen molar-refractivity contribution in [2.75, 3.05) is 13.2 Å². The zero-order chi connectivity index (χ0) is 14.9. The highest BCUT2D eigenvalue weighted by molar-refractivity contribution is 5.44. The van der Waals surface area contributed by atoms with Crippen LogP contribution in [0.4, 0.5) is 0 Å². The van der Waals surface area contributed by atoms with Gasteiger partial charge in [-0.15, -0.1) is 0 Å². The summed E-state index contributed by atoms with van der Waals surface area (Å²) in [7, 11) is 0. The Morgan fingerprint density at radius 3 is 2.67 bits per heavy atom. The molecule has 1 N–H and O–H groups in total. The third-order valence-electron chi connectivity index (χ3n) is 5.02. The Balaban J connectivity index is 1.71. The van der Waals surface area contributed by atoms with Gasteiger partial charge in [0, 0.05) is 12.1 Å². The lowest BCUT2D eigenvalue weighted by atomic mass is 9.73. The number of benzene rings is 1. The summed E-state index contributed by atoms with van der Waals surface area (Å²) in [5.41, 5.74) is 1.67. The predicted molar refractivity (Wildman–Crippen MR) is 85.0 cm³/mol. The van der Waals surface area contributed by atoms with E-state index in [9.17, 15) is 0 Å². The van der Waals surface area contributed by atoms with E-state index in [0.29, 0.717) is 30.7 Å².